The predicted octanol–water partition coefficient (Wildman–Crippen LogP) is 2.11. The lowest BCUT2D eigenvalue weighted by molar-refractivity contribution is -0.122. The molecule has 8 heteroatoms. The molecule has 1 aromatic carbocycles. The maximum absolute atomic E-state index is 12.4. The Bertz CT molecular complexity index is 1030. The SMILES string of the molecule is C[C@@H](NC(=O)Cn1cnc2sccc2c1=O)c1ccc2c(c1)OCCO2. The van der Waals surface area contributed by atoms with E-state index in [0.29, 0.717) is 34.9 Å². The van der Waals surface area contributed by atoms with Crippen molar-refractivity contribution >= 4 is 27.5 Å². The highest BCUT2D eigenvalue weighted by Crippen LogP contribution is 2.32. The zero-order chi connectivity index (χ0) is 18.1. The molecule has 1 aliphatic rings. The van der Waals surface area contributed by atoms with Gasteiger partial charge >= 0.3 is 0 Å². The molecule has 0 spiro atoms. The van der Waals surface area contributed by atoms with Crippen LogP contribution in [0.25, 0.3) is 10.2 Å². The Hall–Kier alpha value is -2.87. The van der Waals surface area contributed by atoms with Gasteiger partial charge in [-0.15, -0.1) is 11.3 Å². The van der Waals surface area contributed by atoms with Gasteiger partial charge in [-0.2, -0.15) is 0 Å². The Labute approximate surface area is 153 Å². The number of thiophene rings is 1. The first kappa shape index (κ1) is 16.6. The van der Waals surface area contributed by atoms with E-state index in [0.717, 1.165) is 5.56 Å². The second kappa shape index (κ2) is 6.80. The van der Waals surface area contributed by atoms with Gasteiger partial charge in [0.1, 0.15) is 24.6 Å². The van der Waals surface area contributed by atoms with E-state index in [4.69, 9.17) is 9.47 Å². The van der Waals surface area contributed by atoms with E-state index in [-0.39, 0.29) is 24.1 Å². The molecular weight excluding hydrogens is 354 g/mol. The summed E-state index contributed by atoms with van der Waals surface area (Å²) in [7, 11) is 0. The molecule has 0 fully saturated rings. The molecule has 0 radical (unpaired) electrons. The van der Waals surface area contributed by atoms with E-state index < -0.39 is 0 Å². The highest BCUT2D eigenvalue weighted by molar-refractivity contribution is 7.16. The molecule has 134 valence electrons. The van der Waals surface area contributed by atoms with Crippen LogP contribution in [0.1, 0.15) is 18.5 Å². The van der Waals surface area contributed by atoms with Crippen LogP contribution >= 0.6 is 11.3 Å². The molecule has 0 bridgehead atoms. The van der Waals surface area contributed by atoms with Crippen molar-refractivity contribution < 1.29 is 14.3 Å². The summed E-state index contributed by atoms with van der Waals surface area (Å²) in [5, 5.41) is 5.25. The molecule has 1 atom stereocenters. The molecule has 0 saturated carbocycles. The fourth-order valence-corrected chi connectivity index (χ4v) is 3.58. The average Bonchev–Trinajstić information content (AvgIpc) is 3.13. The quantitative estimate of drug-likeness (QED) is 0.760. The Morgan fingerprint density at radius 2 is 2.12 bits per heavy atom. The first-order chi connectivity index (χ1) is 12.6. The number of nitrogens with zero attached hydrogens (tertiary/aromatic N) is 2. The van der Waals surface area contributed by atoms with Crippen LogP contribution in [0.3, 0.4) is 0 Å². The second-order valence-electron chi connectivity index (χ2n) is 6.01. The molecule has 1 amide bonds. The molecule has 3 heterocycles. The summed E-state index contributed by atoms with van der Waals surface area (Å²) in [6.07, 6.45) is 1.41. The minimum atomic E-state index is -0.258. The van der Waals surface area contributed by atoms with E-state index >= 15 is 0 Å². The van der Waals surface area contributed by atoms with Crippen LogP contribution in [0.5, 0.6) is 11.5 Å². The van der Waals surface area contributed by atoms with Gasteiger partial charge in [0.25, 0.3) is 5.56 Å². The van der Waals surface area contributed by atoms with Gasteiger partial charge in [0.15, 0.2) is 11.5 Å². The molecule has 3 aromatic rings. The standard InChI is InChI=1S/C18H17N3O4S/c1-11(12-2-3-14-15(8-12)25-6-5-24-14)20-16(22)9-21-10-19-17-13(18(21)23)4-7-26-17/h2-4,7-8,10-11H,5-6,9H2,1H3,(H,20,22)/t11-/m1/s1. The number of nitrogens with one attached hydrogen (secondary N) is 1. The summed E-state index contributed by atoms with van der Waals surface area (Å²) in [4.78, 5) is 29.6. The third-order valence-electron chi connectivity index (χ3n) is 4.21. The van der Waals surface area contributed by atoms with Crippen LogP contribution in [0.15, 0.2) is 40.8 Å². The number of ether oxygens (including phenoxy) is 2. The number of aromatic nitrogens is 2. The van der Waals surface area contributed by atoms with E-state index in [1.165, 1.54) is 22.2 Å². The van der Waals surface area contributed by atoms with Gasteiger partial charge in [0.05, 0.1) is 17.8 Å². The minimum absolute atomic E-state index is 0.0769. The summed E-state index contributed by atoms with van der Waals surface area (Å²) >= 11 is 1.40. The van der Waals surface area contributed by atoms with Crippen LogP contribution in [-0.4, -0.2) is 28.7 Å². The molecule has 0 aliphatic carbocycles. The van der Waals surface area contributed by atoms with Crippen molar-refractivity contribution in [3.63, 3.8) is 0 Å². The third-order valence-corrected chi connectivity index (χ3v) is 5.03. The van der Waals surface area contributed by atoms with Crippen molar-refractivity contribution in [1.82, 2.24) is 14.9 Å². The first-order valence-corrected chi connectivity index (χ1v) is 9.11. The van der Waals surface area contributed by atoms with Gasteiger partial charge < -0.3 is 14.8 Å². The summed E-state index contributed by atoms with van der Waals surface area (Å²) in [6.45, 7) is 2.85. The lowest BCUT2D eigenvalue weighted by Gasteiger charge is -2.21. The van der Waals surface area contributed by atoms with Crippen molar-refractivity contribution in [1.29, 1.82) is 0 Å². The van der Waals surface area contributed by atoms with Crippen molar-refractivity contribution in [3.05, 3.63) is 51.9 Å². The molecular formula is C18H17N3O4S. The van der Waals surface area contributed by atoms with E-state index in [2.05, 4.69) is 10.3 Å². The largest absolute Gasteiger partial charge is 0.486 e. The Kier molecular flexibility index (Phi) is 4.34. The number of fused-ring (bicyclic) bond motifs is 2. The summed E-state index contributed by atoms with van der Waals surface area (Å²) in [5.74, 6) is 1.13. The topological polar surface area (TPSA) is 82.5 Å². The maximum Gasteiger partial charge on any atom is 0.262 e. The number of hydrogen-bond acceptors (Lipinski definition) is 6. The van der Waals surface area contributed by atoms with Crippen LogP contribution in [0.4, 0.5) is 0 Å². The van der Waals surface area contributed by atoms with Gasteiger partial charge in [0, 0.05) is 0 Å². The van der Waals surface area contributed by atoms with E-state index in [1.807, 2.05) is 30.5 Å². The molecule has 2 aromatic heterocycles. The molecule has 4 rings (SSSR count). The van der Waals surface area contributed by atoms with Gasteiger partial charge in [-0.05, 0) is 36.1 Å². The maximum atomic E-state index is 12.4. The van der Waals surface area contributed by atoms with Crippen LogP contribution in [0, 0.1) is 0 Å². The van der Waals surface area contributed by atoms with Crippen LogP contribution in [-0.2, 0) is 11.3 Å². The van der Waals surface area contributed by atoms with Crippen molar-refractivity contribution in [3.8, 4) is 11.5 Å². The lowest BCUT2D eigenvalue weighted by Crippen LogP contribution is -2.33. The Balaban J connectivity index is 1.47. The Morgan fingerprint density at radius 3 is 2.96 bits per heavy atom. The van der Waals surface area contributed by atoms with Gasteiger partial charge in [0.2, 0.25) is 5.91 Å². The van der Waals surface area contributed by atoms with E-state index in [1.54, 1.807) is 6.07 Å². The second-order valence-corrected chi connectivity index (χ2v) is 6.90. The number of carbonyl (C=O) groups is 1. The monoisotopic (exact) mass is 371 g/mol. The molecule has 26 heavy (non-hydrogen) atoms. The zero-order valence-electron chi connectivity index (χ0n) is 14.1. The number of rotatable bonds is 4. The highest BCUT2D eigenvalue weighted by Gasteiger charge is 2.16. The van der Waals surface area contributed by atoms with Gasteiger partial charge in [-0.25, -0.2) is 4.98 Å². The molecule has 7 nitrogen and oxygen atoms in total. The fourth-order valence-electron chi connectivity index (χ4n) is 2.86. The summed E-state index contributed by atoms with van der Waals surface area (Å²) in [5.41, 5.74) is 0.694. The fraction of sp³-hybridized carbons (Fsp3) is 0.278. The zero-order valence-corrected chi connectivity index (χ0v) is 14.9. The van der Waals surface area contributed by atoms with Crippen molar-refractivity contribution in [2.45, 2.75) is 19.5 Å². The minimum Gasteiger partial charge on any atom is -0.486 e. The van der Waals surface area contributed by atoms with Crippen molar-refractivity contribution in [2.24, 2.45) is 0 Å². The number of amides is 1. The number of benzene rings is 1. The Morgan fingerprint density at radius 1 is 1.31 bits per heavy atom. The molecule has 0 saturated heterocycles. The third kappa shape index (κ3) is 3.15. The highest BCUT2D eigenvalue weighted by atomic mass is 32.1. The smallest absolute Gasteiger partial charge is 0.262 e. The van der Waals surface area contributed by atoms with E-state index in [9.17, 15) is 9.59 Å². The lowest BCUT2D eigenvalue weighted by atomic mass is 10.1. The van der Waals surface area contributed by atoms with Crippen LogP contribution in [0.2, 0.25) is 0 Å². The first-order valence-electron chi connectivity index (χ1n) is 8.23. The predicted molar refractivity (Wildman–Crippen MR) is 97.9 cm³/mol. The summed E-state index contributed by atoms with van der Waals surface area (Å²) in [6, 6.07) is 7.09. The molecule has 1 aliphatic heterocycles. The van der Waals surface area contributed by atoms with Gasteiger partial charge in [-0.1, -0.05) is 6.07 Å². The number of hydrogen-bond donors (Lipinski definition) is 1. The number of carbonyl (C=O) groups excluding carboxylic acids is 1. The molecule has 1 N–H and O–H groups in total. The summed E-state index contributed by atoms with van der Waals surface area (Å²) < 4.78 is 12.4. The normalized spacial score (nSPS) is 14.2. The van der Waals surface area contributed by atoms with Crippen LogP contribution < -0.4 is 20.3 Å². The van der Waals surface area contributed by atoms with Crippen molar-refractivity contribution in [2.75, 3.05) is 13.2 Å². The molecule has 0 unspecified atom stereocenters. The average molecular weight is 371 g/mol. The van der Waals surface area contributed by atoms with Gasteiger partial charge in [-0.3, -0.25) is 14.2 Å².